The lowest BCUT2D eigenvalue weighted by Crippen LogP contribution is -2.25. The van der Waals surface area contributed by atoms with Crippen molar-refractivity contribution in [2.24, 2.45) is 0 Å². The highest BCUT2D eigenvalue weighted by Gasteiger charge is 2.36. The molecule has 2 aromatic heterocycles. The van der Waals surface area contributed by atoms with Crippen molar-refractivity contribution in [3.05, 3.63) is 47.4 Å². The van der Waals surface area contributed by atoms with Crippen LogP contribution in [0, 0.1) is 0 Å². The molecule has 1 aromatic carbocycles. The standard InChI is InChI=1S/C19H16F4N4/c20-12-7-11(8-12)17-25-15-3-4-16(19(21,22)23)26-18(15)27(17)13-1-2-14-10(9-13)5-6-24-14/h1-4,9,11-12,24H,5-8H2. The van der Waals surface area contributed by atoms with Crippen molar-refractivity contribution in [1.82, 2.24) is 14.5 Å². The Morgan fingerprint density at radius 1 is 1.07 bits per heavy atom. The fourth-order valence-corrected chi connectivity index (χ4v) is 3.85. The minimum absolute atomic E-state index is 0.116. The fraction of sp³-hybridized carbons (Fsp3) is 0.368. The summed E-state index contributed by atoms with van der Waals surface area (Å²) in [5.74, 6) is 0.464. The summed E-state index contributed by atoms with van der Waals surface area (Å²) >= 11 is 0. The van der Waals surface area contributed by atoms with Gasteiger partial charge in [0.25, 0.3) is 0 Å². The lowest BCUT2D eigenvalue weighted by molar-refractivity contribution is -0.141. The van der Waals surface area contributed by atoms with Crippen molar-refractivity contribution >= 4 is 16.9 Å². The molecular weight excluding hydrogens is 360 g/mol. The van der Waals surface area contributed by atoms with Crippen molar-refractivity contribution in [2.45, 2.75) is 37.5 Å². The van der Waals surface area contributed by atoms with Gasteiger partial charge in [-0.15, -0.1) is 0 Å². The SMILES string of the molecule is FC1CC(c2nc3ccc(C(F)(F)F)nc3n2-c2ccc3c(c2)CCN3)C1. The van der Waals surface area contributed by atoms with Crippen LogP contribution < -0.4 is 5.32 Å². The van der Waals surface area contributed by atoms with E-state index >= 15 is 0 Å². The topological polar surface area (TPSA) is 42.7 Å². The molecule has 0 saturated heterocycles. The minimum Gasteiger partial charge on any atom is -0.384 e. The van der Waals surface area contributed by atoms with E-state index in [1.54, 1.807) is 4.57 Å². The lowest BCUT2D eigenvalue weighted by Gasteiger charge is -2.29. The molecule has 0 unspecified atom stereocenters. The summed E-state index contributed by atoms with van der Waals surface area (Å²) in [4.78, 5) is 8.38. The Balaban J connectivity index is 1.72. The maximum absolute atomic E-state index is 13.4. The molecule has 1 N–H and O–H groups in total. The zero-order valence-corrected chi connectivity index (χ0v) is 14.2. The number of fused-ring (bicyclic) bond motifs is 2. The highest BCUT2D eigenvalue weighted by molar-refractivity contribution is 5.75. The predicted molar refractivity (Wildman–Crippen MR) is 92.9 cm³/mol. The van der Waals surface area contributed by atoms with E-state index in [1.165, 1.54) is 6.07 Å². The number of imidazole rings is 1. The molecule has 140 valence electrons. The number of rotatable bonds is 2. The van der Waals surface area contributed by atoms with E-state index in [-0.39, 0.29) is 11.6 Å². The summed E-state index contributed by atoms with van der Waals surface area (Å²) in [5, 5.41) is 3.27. The largest absolute Gasteiger partial charge is 0.433 e. The van der Waals surface area contributed by atoms with E-state index in [4.69, 9.17) is 0 Å². The van der Waals surface area contributed by atoms with Crippen LogP contribution in [0.2, 0.25) is 0 Å². The number of halogens is 4. The van der Waals surface area contributed by atoms with Crippen LogP contribution >= 0.6 is 0 Å². The molecule has 0 atom stereocenters. The molecule has 3 aromatic rings. The first kappa shape index (κ1) is 16.5. The summed E-state index contributed by atoms with van der Waals surface area (Å²) in [6.07, 6.45) is -3.90. The van der Waals surface area contributed by atoms with Crippen LogP contribution in [0.4, 0.5) is 23.2 Å². The number of nitrogens with one attached hydrogen (secondary N) is 1. The molecule has 2 aliphatic rings. The monoisotopic (exact) mass is 376 g/mol. The molecule has 0 radical (unpaired) electrons. The molecule has 1 aliphatic carbocycles. The predicted octanol–water partition coefficient (Wildman–Crippen LogP) is 4.62. The average Bonchev–Trinajstić information content (AvgIpc) is 3.20. The van der Waals surface area contributed by atoms with Gasteiger partial charge in [0.1, 0.15) is 23.2 Å². The maximum Gasteiger partial charge on any atom is 0.433 e. The smallest absolute Gasteiger partial charge is 0.384 e. The number of hydrogen-bond acceptors (Lipinski definition) is 3. The number of anilines is 1. The van der Waals surface area contributed by atoms with Gasteiger partial charge in [0.15, 0.2) is 5.65 Å². The number of hydrogen-bond donors (Lipinski definition) is 1. The van der Waals surface area contributed by atoms with Gasteiger partial charge in [-0.2, -0.15) is 13.2 Å². The Morgan fingerprint density at radius 3 is 2.63 bits per heavy atom. The third kappa shape index (κ3) is 2.65. The summed E-state index contributed by atoms with van der Waals surface area (Å²) in [7, 11) is 0. The molecule has 1 saturated carbocycles. The molecule has 4 nitrogen and oxygen atoms in total. The van der Waals surface area contributed by atoms with Gasteiger partial charge in [-0.1, -0.05) is 0 Å². The Morgan fingerprint density at radius 2 is 1.89 bits per heavy atom. The van der Waals surface area contributed by atoms with Gasteiger partial charge in [-0.05, 0) is 55.2 Å². The first-order valence-corrected chi connectivity index (χ1v) is 8.88. The van der Waals surface area contributed by atoms with Gasteiger partial charge in [-0.3, -0.25) is 4.57 Å². The van der Waals surface area contributed by atoms with Crippen LogP contribution in [-0.4, -0.2) is 27.3 Å². The average molecular weight is 376 g/mol. The Hall–Kier alpha value is -2.64. The van der Waals surface area contributed by atoms with E-state index in [1.807, 2.05) is 18.2 Å². The number of pyridine rings is 1. The molecule has 27 heavy (non-hydrogen) atoms. The maximum atomic E-state index is 13.4. The Kier molecular flexibility index (Phi) is 3.47. The van der Waals surface area contributed by atoms with Gasteiger partial charge in [0, 0.05) is 23.8 Å². The zero-order chi connectivity index (χ0) is 18.8. The number of alkyl halides is 4. The molecule has 5 rings (SSSR count). The summed E-state index contributed by atoms with van der Waals surface area (Å²) < 4.78 is 54.6. The van der Waals surface area contributed by atoms with Crippen molar-refractivity contribution in [3.8, 4) is 5.69 Å². The van der Waals surface area contributed by atoms with Crippen LogP contribution in [0.25, 0.3) is 16.9 Å². The molecule has 1 fully saturated rings. The second-order valence-electron chi connectivity index (χ2n) is 7.13. The number of benzene rings is 1. The molecule has 0 spiro atoms. The highest BCUT2D eigenvalue weighted by atomic mass is 19.4. The van der Waals surface area contributed by atoms with Crippen LogP contribution in [0.3, 0.4) is 0 Å². The van der Waals surface area contributed by atoms with Gasteiger partial charge in [0.05, 0.1) is 0 Å². The van der Waals surface area contributed by atoms with E-state index in [0.29, 0.717) is 29.9 Å². The second kappa shape index (κ2) is 5.68. The van der Waals surface area contributed by atoms with Crippen molar-refractivity contribution in [3.63, 3.8) is 0 Å². The van der Waals surface area contributed by atoms with E-state index in [9.17, 15) is 17.6 Å². The number of aromatic nitrogens is 3. The van der Waals surface area contributed by atoms with Crippen molar-refractivity contribution in [1.29, 1.82) is 0 Å². The summed E-state index contributed by atoms with van der Waals surface area (Å²) in [6, 6.07) is 7.99. The van der Waals surface area contributed by atoms with E-state index in [2.05, 4.69) is 15.3 Å². The van der Waals surface area contributed by atoms with Gasteiger partial charge in [-0.25, -0.2) is 14.4 Å². The highest BCUT2D eigenvalue weighted by Crippen LogP contribution is 2.41. The fourth-order valence-electron chi connectivity index (χ4n) is 3.85. The third-order valence-corrected chi connectivity index (χ3v) is 5.32. The third-order valence-electron chi connectivity index (χ3n) is 5.32. The normalized spacial score (nSPS) is 21.8. The second-order valence-corrected chi connectivity index (χ2v) is 7.13. The molecule has 3 heterocycles. The van der Waals surface area contributed by atoms with Crippen LogP contribution in [0.15, 0.2) is 30.3 Å². The molecule has 8 heteroatoms. The van der Waals surface area contributed by atoms with Crippen molar-refractivity contribution < 1.29 is 17.6 Å². The summed E-state index contributed by atoms with van der Waals surface area (Å²) in [5.41, 5.74) is 2.43. The lowest BCUT2D eigenvalue weighted by atomic mass is 9.83. The first-order valence-electron chi connectivity index (χ1n) is 8.88. The molecule has 1 aliphatic heterocycles. The Labute approximate surface area is 152 Å². The quantitative estimate of drug-likeness (QED) is 0.664. The minimum atomic E-state index is -4.54. The van der Waals surface area contributed by atoms with E-state index < -0.39 is 18.0 Å². The molecule has 0 bridgehead atoms. The number of nitrogens with zero attached hydrogens (tertiary/aromatic N) is 3. The Bertz CT molecular complexity index is 1030. The van der Waals surface area contributed by atoms with Crippen LogP contribution in [0.1, 0.15) is 35.8 Å². The molecule has 0 amide bonds. The van der Waals surface area contributed by atoms with Gasteiger partial charge >= 0.3 is 6.18 Å². The van der Waals surface area contributed by atoms with Crippen molar-refractivity contribution in [2.75, 3.05) is 11.9 Å². The van der Waals surface area contributed by atoms with E-state index in [0.717, 1.165) is 30.3 Å². The van der Waals surface area contributed by atoms with Crippen LogP contribution in [-0.2, 0) is 12.6 Å². The van der Waals surface area contributed by atoms with Gasteiger partial charge < -0.3 is 5.32 Å². The first-order chi connectivity index (χ1) is 12.9. The zero-order valence-electron chi connectivity index (χ0n) is 14.2. The van der Waals surface area contributed by atoms with Gasteiger partial charge in [0.2, 0.25) is 0 Å². The van der Waals surface area contributed by atoms with Crippen LogP contribution in [0.5, 0.6) is 0 Å². The molecular formula is C19H16F4N4. The summed E-state index contributed by atoms with van der Waals surface area (Å²) in [6.45, 7) is 0.832.